The van der Waals surface area contributed by atoms with Gasteiger partial charge < -0.3 is 15.6 Å². The highest BCUT2D eigenvalue weighted by molar-refractivity contribution is 9.10. The second kappa shape index (κ2) is 7.81. The first kappa shape index (κ1) is 18.8. The molecular weight excluding hydrogens is 434 g/mol. The number of phenolic OH excluding ortho intramolecular Hbond substituents is 1. The fourth-order valence-corrected chi connectivity index (χ4v) is 3.35. The van der Waals surface area contributed by atoms with E-state index in [1.54, 1.807) is 48.5 Å². The molecule has 144 valence electrons. The van der Waals surface area contributed by atoms with Gasteiger partial charge in [0.15, 0.2) is 11.5 Å². The molecule has 0 aliphatic heterocycles. The van der Waals surface area contributed by atoms with E-state index in [4.69, 9.17) is 0 Å². The number of carbonyl (C=O) groups is 1. The van der Waals surface area contributed by atoms with E-state index < -0.39 is 5.91 Å². The molecule has 0 bridgehead atoms. The fourth-order valence-electron chi connectivity index (χ4n) is 2.99. The van der Waals surface area contributed by atoms with Crippen molar-refractivity contribution in [1.82, 2.24) is 9.71 Å². The molecule has 0 unspecified atom stereocenters. The number of anilines is 1. The Labute approximate surface area is 175 Å². The van der Waals surface area contributed by atoms with Crippen LogP contribution < -0.4 is 5.32 Å². The van der Waals surface area contributed by atoms with Crippen LogP contribution in [0.3, 0.4) is 0 Å². The Bertz CT molecular complexity index is 1170. The lowest BCUT2D eigenvalue weighted by Gasteiger charge is -2.08. The summed E-state index contributed by atoms with van der Waals surface area (Å²) >= 11 is 3.35. The average Bonchev–Trinajstić information content (AvgIpc) is 3.08. The number of para-hydroxylation sites is 1. The van der Waals surface area contributed by atoms with Crippen molar-refractivity contribution in [3.05, 3.63) is 89.0 Å². The van der Waals surface area contributed by atoms with Crippen LogP contribution in [0.15, 0.2) is 83.3 Å². The number of halogens is 1. The van der Waals surface area contributed by atoms with Crippen LogP contribution in [0.1, 0.15) is 10.5 Å². The van der Waals surface area contributed by atoms with Crippen LogP contribution in [0.5, 0.6) is 5.75 Å². The monoisotopic (exact) mass is 449 g/mol. The summed E-state index contributed by atoms with van der Waals surface area (Å²) in [4.78, 5) is 17.5. The summed E-state index contributed by atoms with van der Waals surface area (Å²) in [5.74, 6) is -0.533. The maximum Gasteiger partial charge on any atom is 0.278 e. The topological polar surface area (TPSA) is 87.4 Å². The fraction of sp³-hybridized carbons (Fsp3) is 0. The van der Waals surface area contributed by atoms with Crippen molar-refractivity contribution in [3.8, 4) is 28.4 Å². The number of amides is 1. The molecule has 0 spiro atoms. The van der Waals surface area contributed by atoms with Crippen LogP contribution in [0.25, 0.3) is 22.6 Å². The van der Waals surface area contributed by atoms with E-state index in [1.807, 2.05) is 24.3 Å². The van der Waals surface area contributed by atoms with Gasteiger partial charge in [-0.3, -0.25) is 4.79 Å². The highest BCUT2D eigenvalue weighted by Crippen LogP contribution is 2.34. The van der Waals surface area contributed by atoms with Crippen molar-refractivity contribution < 1.29 is 15.1 Å². The molecule has 3 aromatic carbocycles. The zero-order valence-electron chi connectivity index (χ0n) is 15.1. The molecule has 0 radical (unpaired) electrons. The summed E-state index contributed by atoms with van der Waals surface area (Å²) < 4.78 is 1.41. The molecule has 1 amide bonds. The van der Waals surface area contributed by atoms with Crippen LogP contribution in [0.4, 0.5) is 5.69 Å². The van der Waals surface area contributed by atoms with Crippen LogP contribution in [-0.2, 0) is 0 Å². The Kier molecular flexibility index (Phi) is 5.05. The number of rotatable bonds is 4. The van der Waals surface area contributed by atoms with Gasteiger partial charge in [-0.05, 0) is 30.3 Å². The molecule has 1 aromatic heterocycles. The first-order valence-electron chi connectivity index (χ1n) is 8.77. The molecule has 29 heavy (non-hydrogen) atoms. The Morgan fingerprint density at radius 3 is 2.31 bits per heavy atom. The summed E-state index contributed by atoms with van der Waals surface area (Å²) in [6.07, 6.45) is 0. The number of aromatic hydroxyl groups is 1. The van der Waals surface area contributed by atoms with Crippen molar-refractivity contribution in [1.29, 1.82) is 0 Å². The number of imidazole rings is 1. The number of aromatic nitrogens is 2. The van der Waals surface area contributed by atoms with Gasteiger partial charge in [0, 0.05) is 15.7 Å². The molecule has 4 aromatic rings. The smallest absolute Gasteiger partial charge is 0.278 e. The quantitative estimate of drug-likeness (QED) is 0.374. The van der Waals surface area contributed by atoms with Crippen LogP contribution in [-0.4, -0.2) is 25.9 Å². The third-order valence-corrected chi connectivity index (χ3v) is 4.84. The lowest BCUT2D eigenvalue weighted by atomic mass is 10.1. The third-order valence-electron chi connectivity index (χ3n) is 4.35. The van der Waals surface area contributed by atoms with Gasteiger partial charge in [0.05, 0.1) is 5.56 Å². The molecule has 1 heterocycles. The van der Waals surface area contributed by atoms with Crippen LogP contribution in [0.2, 0.25) is 0 Å². The van der Waals surface area contributed by atoms with E-state index in [1.165, 1.54) is 6.07 Å². The van der Waals surface area contributed by atoms with Crippen molar-refractivity contribution in [3.63, 3.8) is 0 Å². The second-order valence-corrected chi connectivity index (χ2v) is 7.21. The minimum atomic E-state index is -0.522. The number of carbonyl (C=O) groups excluding carboxylic acids is 1. The van der Waals surface area contributed by atoms with Gasteiger partial charge in [-0.2, -0.15) is 4.73 Å². The van der Waals surface area contributed by atoms with Gasteiger partial charge >= 0.3 is 0 Å². The number of phenols is 1. The molecular formula is C22H16BrN3O3. The van der Waals surface area contributed by atoms with Gasteiger partial charge in [-0.1, -0.05) is 64.5 Å². The SMILES string of the molecule is O=C(Nc1ccccc1)c1c(-c2ccccc2)nc(-c2cc(Br)ccc2O)n1O. The van der Waals surface area contributed by atoms with Crippen molar-refractivity contribution in [2.75, 3.05) is 5.32 Å². The van der Waals surface area contributed by atoms with E-state index in [0.717, 1.165) is 0 Å². The zero-order chi connectivity index (χ0) is 20.4. The number of nitrogens with one attached hydrogen (secondary N) is 1. The summed E-state index contributed by atoms with van der Waals surface area (Å²) in [6, 6.07) is 22.8. The number of hydrogen-bond acceptors (Lipinski definition) is 4. The van der Waals surface area contributed by atoms with Gasteiger partial charge in [0.25, 0.3) is 5.91 Å². The molecule has 4 rings (SSSR count). The van der Waals surface area contributed by atoms with E-state index in [-0.39, 0.29) is 22.8 Å². The number of benzene rings is 3. The largest absolute Gasteiger partial charge is 0.507 e. The Morgan fingerprint density at radius 2 is 1.62 bits per heavy atom. The zero-order valence-corrected chi connectivity index (χ0v) is 16.7. The predicted molar refractivity (Wildman–Crippen MR) is 114 cm³/mol. The lowest BCUT2D eigenvalue weighted by molar-refractivity contribution is 0.0976. The normalized spacial score (nSPS) is 10.7. The van der Waals surface area contributed by atoms with Crippen molar-refractivity contribution in [2.45, 2.75) is 0 Å². The number of hydrogen-bond donors (Lipinski definition) is 3. The summed E-state index contributed by atoms with van der Waals surface area (Å²) in [6.45, 7) is 0. The van der Waals surface area contributed by atoms with Crippen molar-refractivity contribution in [2.24, 2.45) is 0 Å². The van der Waals surface area contributed by atoms with E-state index in [0.29, 0.717) is 26.1 Å². The molecule has 0 atom stereocenters. The standard InChI is InChI=1S/C22H16BrN3O3/c23-15-11-12-18(27)17(13-15)21-25-19(14-7-3-1-4-8-14)20(26(21)29)22(28)24-16-9-5-2-6-10-16/h1-13,27,29H,(H,24,28). The molecule has 0 aliphatic carbocycles. The minimum Gasteiger partial charge on any atom is -0.507 e. The Hall–Kier alpha value is -3.58. The second-order valence-electron chi connectivity index (χ2n) is 6.29. The first-order valence-corrected chi connectivity index (χ1v) is 9.56. The van der Waals surface area contributed by atoms with E-state index >= 15 is 0 Å². The van der Waals surface area contributed by atoms with Crippen LogP contribution >= 0.6 is 15.9 Å². The lowest BCUT2D eigenvalue weighted by Crippen LogP contribution is -2.17. The van der Waals surface area contributed by atoms with Crippen LogP contribution in [0, 0.1) is 0 Å². The molecule has 0 aliphatic rings. The molecule has 0 saturated carbocycles. The summed E-state index contributed by atoms with van der Waals surface area (Å²) in [5.41, 5.74) is 1.81. The van der Waals surface area contributed by atoms with Gasteiger partial charge in [0.2, 0.25) is 0 Å². The summed E-state index contributed by atoms with van der Waals surface area (Å²) in [7, 11) is 0. The minimum absolute atomic E-state index is 0.0329. The van der Waals surface area contributed by atoms with Gasteiger partial charge in [-0.25, -0.2) is 4.98 Å². The summed E-state index contributed by atoms with van der Waals surface area (Å²) in [5, 5.41) is 23.9. The molecule has 6 nitrogen and oxygen atoms in total. The van der Waals surface area contributed by atoms with Gasteiger partial charge in [0.1, 0.15) is 11.4 Å². The molecule has 7 heteroatoms. The maximum atomic E-state index is 13.0. The Balaban J connectivity index is 1.88. The molecule has 0 fully saturated rings. The van der Waals surface area contributed by atoms with E-state index in [9.17, 15) is 15.1 Å². The molecule has 3 N–H and O–H groups in total. The number of nitrogens with zero attached hydrogens (tertiary/aromatic N) is 2. The Morgan fingerprint density at radius 1 is 0.966 bits per heavy atom. The predicted octanol–water partition coefficient (Wildman–Crippen LogP) is 5.17. The molecule has 0 saturated heterocycles. The van der Waals surface area contributed by atoms with E-state index in [2.05, 4.69) is 26.2 Å². The highest BCUT2D eigenvalue weighted by Gasteiger charge is 2.26. The van der Waals surface area contributed by atoms with Crippen molar-refractivity contribution >= 4 is 27.5 Å². The highest BCUT2D eigenvalue weighted by atomic mass is 79.9. The maximum absolute atomic E-state index is 13.0. The average molecular weight is 450 g/mol. The first-order chi connectivity index (χ1) is 14.0. The van der Waals surface area contributed by atoms with Gasteiger partial charge in [-0.15, -0.1) is 0 Å². The third kappa shape index (κ3) is 3.72.